The van der Waals surface area contributed by atoms with Crippen molar-refractivity contribution in [3.63, 3.8) is 0 Å². The molecule has 1 atom stereocenters. The third-order valence-electron chi connectivity index (χ3n) is 5.02. The molecule has 1 N–H and O–H groups in total. The molecule has 22 heavy (non-hydrogen) atoms. The number of hydrogen-bond donors (Lipinski definition) is 1. The van der Waals surface area contributed by atoms with Gasteiger partial charge >= 0.3 is 0 Å². The van der Waals surface area contributed by atoms with Crippen LogP contribution in [0.15, 0.2) is 18.2 Å². The number of halogens is 3. The van der Waals surface area contributed by atoms with Crippen molar-refractivity contribution in [2.75, 3.05) is 26.2 Å². The van der Waals surface area contributed by atoms with E-state index in [0.717, 1.165) is 31.7 Å². The van der Waals surface area contributed by atoms with Gasteiger partial charge in [0.2, 0.25) is 0 Å². The van der Waals surface area contributed by atoms with Crippen LogP contribution < -0.4 is 5.32 Å². The molecule has 1 saturated carbocycles. The monoisotopic (exact) mass is 348 g/mol. The molecular weight excluding hydrogens is 322 g/mol. The van der Waals surface area contributed by atoms with Gasteiger partial charge in [0.15, 0.2) is 0 Å². The Labute approximate surface area is 145 Å². The predicted octanol–water partition coefficient (Wildman–Crippen LogP) is 4.11. The highest BCUT2D eigenvalue weighted by atomic mass is 35.5. The lowest BCUT2D eigenvalue weighted by Crippen LogP contribution is -2.46. The van der Waals surface area contributed by atoms with E-state index in [1.807, 2.05) is 13.0 Å². The summed E-state index contributed by atoms with van der Waals surface area (Å²) in [5.41, 5.74) is 2.07. The fourth-order valence-electron chi connectivity index (χ4n) is 3.93. The summed E-state index contributed by atoms with van der Waals surface area (Å²) < 4.78 is 14.0. The van der Waals surface area contributed by atoms with Crippen molar-refractivity contribution >= 4 is 24.8 Å². The normalized spacial score (nSPS) is 21.0. The first-order valence-corrected chi connectivity index (χ1v) is 7.97. The second-order valence-corrected chi connectivity index (χ2v) is 6.23. The van der Waals surface area contributed by atoms with Gasteiger partial charge in [0, 0.05) is 32.2 Å². The molecule has 0 unspecified atom stereocenters. The number of nitrogens with one attached hydrogen (secondary N) is 1. The first-order chi connectivity index (χ1) is 9.77. The molecule has 5 heteroatoms. The van der Waals surface area contributed by atoms with Crippen LogP contribution in [0.2, 0.25) is 0 Å². The van der Waals surface area contributed by atoms with Crippen molar-refractivity contribution in [3.05, 3.63) is 35.1 Å². The zero-order valence-corrected chi connectivity index (χ0v) is 14.8. The Morgan fingerprint density at radius 1 is 1.14 bits per heavy atom. The lowest BCUT2D eigenvalue weighted by atomic mass is 9.87. The smallest absolute Gasteiger partial charge is 0.126 e. The van der Waals surface area contributed by atoms with Crippen molar-refractivity contribution in [3.8, 4) is 0 Å². The summed E-state index contributed by atoms with van der Waals surface area (Å²) in [5.74, 6) is 0.647. The second-order valence-electron chi connectivity index (χ2n) is 6.23. The summed E-state index contributed by atoms with van der Waals surface area (Å²) in [7, 11) is 0. The van der Waals surface area contributed by atoms with E-state index >= 15 is 0 Å². The molecule has 126 valence electrons. The van der Waals surface area contributed by atoms with Crippen molar-refractivity contribution in [2.24, 2.45) is 5.92 Å². The summed E-state index contributed by atoms with van der Waals surface area (Å²) in [6.07, 6.45) is 5.26. The third kappa shape index (κ3) is 4.14. The van der Waals surface area contributed by atoms with Crippen molar-refractivity contribution in [2.45, 2.75) is 38.6 Å². The minimum Gasteiger partial charge on any atom is -0.314 e. The molecule has 1 saturated heterocycles. The Morgan fingerprint density at radius 3 is 2.41 bits per heavy atom. The first-order valence-electron chi connectivity index (χ1n) is 7.97. The van der Waals surface area contributed by atoms with Gasteiger partial charge < -0.3 is 5.32 Å². The van der Waals surface area contributed by atoms with Crippen LogP contribution in [0.1, 0.15) is 42.9 Å². The van der Waals surface area contributed by atoms with Crippen LogP contribution in [0.25, 0.3) is 0 Å². The van der Waals surface area contributed by atoms with E-state index in [1.54, 1.807) is 6.07 Å². The Hall–Kier alpha value is -0.350. The molecule has 0 spiro atoms. The van der Waals surface area contributed by atoms with E-state index in [9.17, 15) is 4.39 Å². The quantitative estimate of drug-likeness (QED) is 0.883. The Balaban J connectivity index is 0.00000121. The van der Waals surface area contributed by atoms with E-state index in [-0.39, 0.29) is 30.6 Å². The van der Waals surface area contributed by atoms with E-state index in [2.05, 4.69) is 16.3 Å². The average molecular weight is 349 g/mol. The molecule has 1 heterocycles. The van der Waals surface area contributed by atoms with Crippen LogP contribution in [-0.2, 0) is 0 Å². The topological polar surface area (TPSA) is 15.3 Å². The van der Waals surface area contributed by atoms with Gasteiger partial charge in [0.05, 0.1) is 0 Å². The molecule has 3 rings (SSSR count). The van der Waals surface area contributed by atoms with Crippen LogP contribution in [-0.4, -0.2) is 31.1 Å². The molecule has 2 fully saturated rings. The standard InChI is InChI=1S/C17H25FN2.2ClH/c1-13-15(7-4-8-16(13)18)17(14-5-2-3-6-14)20-11-9-19-10-12-20;;/h4,7-8,14,17,19H,2-3,5-6,9-12H2,1H3;2*1H/t17-;;/m1../s1. The zero-order chi connectivity index (χ0) is 13.9. The molecule has 0 amide bonds. The van der Waals surface area contributed by atoms with Crippen molar-refractivity contribution < 1.29 is 4.39 Å². The summed E-state index contributed by atoms with van der Waals surface area (Å²) in [6, 6.07) is 6.02. The van der Waals surface area contributed by atoms with Crippen LogP contribution in [0.5, 0.6) is 0 Å². The van der Waals surface area contributed by atoms with Gasteiger partial charge in [-0.25, -0.2) is 4.39 Å². The average Bonchev–Trinajstić information content (AvgIpc) is 2.99. The summed E-state index contributed by atoms with van der Waals surface area (Å²) >= 11 is 0. The molecule has 1 aliphatic carbocycles. The van der Waals surface area contributed by atoms with Crippen LogP contribution in [0.4, 0.5) is 4.39 Å². The van der Waals surface area contributed by atoms with Gasteiger partial charge in [-0.05, 0) is 42.9 Å². The fraction of sp³-hybridized carbons (Fsp3) is 0.647. The van der Waals surface area contributed by atoms with E-state index < -0.39 is 0 Å². The Bertz CT molecular complexity index is 458. The lowest BCUT2D eigenvalue weighted by Gasteiger charge is -2.39. The number of benzene rings is 1. The highest BCUT2D eigenvalue weighted by Crippen LogP contribution is 2.40. The second kappa shape index (κ2) is 9.07. The molecule has 0 aromatic heterocycles. The fourth-order valence-corrected chi connectivity index (χ4v) is 3.93. The number of rotatable bonds is 3. The minimum absolute atomic E-state index is 0. The van der Waals surface area contributed by atoms with Crippen LogP contribution in [0.3, 0.4) is 0 Å². The van der Waals surface area contributed by atoms with E-state index in [4.69, 9.17) is 0 Å². The summed E-state index contributed by atoms with van der Waals surface area (Å²) in [5, 5.41) is 3.42. The maximum atomic E-state index is 14.0. The van der Waals surface area contributed by atoms with Gasteiger partial charge in [-0.15, -0.1) is 24.8 Å². The molecule has 0 bridgehead atoms. The number of nitrogens with zero attached hydrogens (tertiary/aromatic N) is 1. The summed E-state index contributed by atoms with van der Waals surface area (Å²) in [4.78, 5) is 2.58. The highest BCUT2D eigenvalue weighted by molar-refractivity contribution is 5.85. The van der Waals surface area contributed by atoms with E-state index in [0.29, 0.717) is 12.0 Å². The van der Waals surface area contributed by atoms with E-state index in [1.165, 1.54) is 31.2 Å². The SMILES string of the molecule is Cc1c(F)cccc1[C@@H](C1CCCC1)N1CCNCC1.Cl.Cl. The third-order valence-corrected chi connectivity index (χ3v) is 5.02. The molecule has 1 aliphatic heterocycles. The Kier molecular flexibility index (Phi) is 8.12. The van der Waals surface area contributed by atoms with Crippen molar-refractivity contribution in [1.82, 2.24) is 10.2 Å². The predicted molar refractivity (Wildman–Crippen MR) is 94.8 cm³/mol. The minimum atomic E-state index is -0.0550. The molecule has 1 aromatic carbocycles. The van der Waals surface area contributed by atoms with Crippen LogP contribution in [0, 0.1) is 18.7 Å². The van der Waals surface area contributed by atoms with Crippen LogP contribution >= 0.6 is 24.8 Å². The van der Waals surface area contributed by atoms with Gasteiger partial charge in [-0.2, -0.15) is 0 Å². The number of hydrogen-bond acceptors (Lipinski definition) is 2. The molecule has 1 aromatic rings. The van der Waals surface area contributed by atoms with Gasteiger partial charge in [-0.1, -0.05) is 25.0 Å². The first kappa shape index (κ1) is 19.7. The van der Waals surface area contributed by atoms with Crippen molar-refractivity contribution in [1.29, 1.82) is 0 Å². The van der Waals surface area contributed by atoms with Gasteiger partial charge in [0.1, 0.15) is 5.82 Å². The van der Waals surface area contributed by atoms with Gasteiger partial charge in [0.25, 0.3) is 0 Å². The molecule has 2 aliphatic rings. The molecular formula is C17H27Cl2FN2. The molecule has 2 nitrogen and oxygen atoms in total. The molecule has 0 radical (unpaired) electrons. The lowest BCUT2D eigenvalue weighted by molar-refractivity contribution is 0.125. The largest absolute Gasteiger partial charge is 0.314 e. The maximum Gasteiger partial charge on any atom is 0.126 e. The Morgan fingerprint density at radius 2 is 1.77 bits per heavy atom. The number of piperazine rings is 1. The maximum absolute atomic E-state index is 14.0. The van der Waals surface area contributed by atoms with Gasteiger partial charge in [-0.3, -0.25) is 4.90 Å². The zero-order valence-electron chi connectivity index (χ0n) is 13.2. The highest BCUT2D eigenvalue weighted by Gasteiger charge is 2.32. The summed E-state index contributed by atoms with van der Waals surface area (Å²) in [6.45, 7) is 6.21.